The number of furan rings is 1. The molecule has 0 atom stereocenters. The molecule has 0 spiro atoms. The average molecular weight is 251 g/mol. The van der Waals surface area contributed by atoms with Crippen LogP contribution in [-0.2, 0) is 9.59 Å². The lowest BCUT2D eigenvalue weighted by atomic mass is 10.4. The maximum Gasteiger partial charge on any atom is 0.327 e. The van der Waals surface area contributed by atoms with Crippen LogP contribution in [0.3, 0.4) is 0 Å². The molecular weight excluding hydrogens is 238 g/mol. The molecule has 1 aromatic rings. The molecule has 2 heterocycles. The number of amides is 3. The van der Waals surface area contributed by atoms with Gasteiger partial charge in [0.2, 0.25) is 0 Å². The van der Waals surface area contributed by atoms with Crippen molar-refractivity contribution in [1.82, 2.24) is 15.8 Å². The first-order chi connectivity index (χ1) is 8.68. The first-order valence-electron chi connectivity index (χ1n) is 5.61. The van der Waals surface area contributed by atoms with Crippen molar-refractivity contribution in [2.24, 2.45) is 0 Å². The minimum absolute atomic E-state index is 0.0592. The van der Waals surface area contributed by atoms with E-state index in [-0.39, 0.29) is 5.76 Å². The lowest BCUT2D eigenvalue weighted by molar-refractivity contribution is -0.145. The van der Waals surface area contributed by atoms with Crippen molar-refractivity contribution in [2.45, 2.75) is 12.8 Å². The molecule has 7 nitrogen and oxygen atoms in total. The molecule has 1 aliphatic rings. The molecule has 0 aromatic carbocycles. The number of nitrogens with one attached hydrogen (secondary N) is 2. The third kappa shape index (κ3) is 2.68. The van der Waals surface area contributed by atoms with Crippen LogP contribution in [0.2, 0.25) is 0 Å². The number of nitrogens with zero attached hydrogens (tertiary/aromatic N) is 1. The zero-order chi connectivity index (χ0) is 13.0. The molecule has 0 radical (unpaired) electrons. The van der Waals surface area contributed by atoms with E-state index in [1.807, 2.05) is 0 Å². The fraction of sp³-hybridized carbons (Fsp3) is 0.364. The van der Waals surface area contributed by atoms with Crippen molar-refractivity contribution in [3.63, 3.8) is 0 Å². The molecule has 1 fully saturated rings. The van der Waals surface area contributed by atoms with Crippen molar-refractivity contribution >= 4 is 17.7 Å². The molecule has 0 bridgehead atoms. The summed E-state index contributed by atoms with van der Waals surface area (Å²) in [5.41, 5.74) is 4.17. The fourth-order valence-electron chi connectivity index (χ4n) is 1.70. The van der Waals surface area contributed by atoms with Crippen molar-refractivity contribution in [3.05, 3.63) is 24.2 Å². The molecule has 2 rings (SSSR count). The van der Waals surface area contributed by atoms with Gasteiger partial charge in [0.1, 0.15) is 0 Å². The maximum atomic E-state index is 11.6. The summed E-state index contributed by atoms with van der Waals surface area (Å²) in [6.45, 7) is 1.16. The van der Waals surface area contributed by atoms with Gasteiger partial charge in [-0.2, -0.15) is 0 Å². The van der Waals surface area contributed by atoms with Gasteiger partial charge < -0.3 is 9.32 Å². The summed E-state index contributed by atoms with van der Waals surface area (Å²) in [6, 6.07) is 3.00. The van der Waals surface area contributed by atoms with Crippen LogP contribution >= 0.6 is 0 Å². The van der Waals surface area contributed by atoms with E-state index in [9.17, 15) is 14.4 Å². The number of carbonyl (C=O) groups excluding carboxylic acids is 3. The minimum Gasteiger partial charge on any atom is -0.459 e. The number of likely N-dealkylation sites (tertiary alicyclic amines) is 1. The highest BCUT2D eigenvalue weighted by atomic mass is 16.3. The molecule has 0 saturated carbocycles. The number of hydrogen-bond acceptors (Lipinski definition) is 4. The van der Waals surface area contributed by atoms with Crippen LogP contribution in [0.5, 0.6) is 0 Å². The Balaban J connectivity index is 1.81. The largest absolute Gasteiger partial charge is 0.459 e. The van der Waals surface area contributed by atoms with Crippen LogP contribution in [0.25, 0.3) is 0 Å². The molecule has 1 saturated heterocycles. The Morgan fingerprint density at radius 1 is 1.17 bits per heavy atom. The lowest BCUT2D eigenvalue weighted by Gasteiger charge is -2.14. The summed E-state index contributed by atoms with van der Waals surface area (Å²) in [4.78, 5) is 35.9. The Labute approximate surface area is 103 Å². The molecule has 0 aliphatic carbocycles. The second-order valence-electron chi connectivity index (χ2n) is 3.88. The van der Waals surface area contributed by atoms with Gasteiger partial charge in [0.15, 0.2) is 5.76 Å². The second kappa shape index (κ2) is 5.35. The molecule has 2 N–H and O–H groups in total. The monoisotopic (exact) mass is 251 g/mol. The first-order valence-corrected chi connectivity index (χ1v) is 5.61. The molecule has 18 heavy (non-hydrogen) atoms. The van der Waals surface area contributed by atoms with E-state index in [2.05, 4.69) is 10.9 Å². The SMILES string of the molecule is O=C(NNC(=O)c1ccco1)C(=O)N1CCCC1. The standard InChI is InChI=1S/C11H13N3O4/c15-9(8-4-3-7-18-8)12-13-10(16)11(17)14-5-1-2-6-14/h3-4,7H,1-2,5-6H2,(H,12,15)(H,13,16). The Kier molecular flexibility index (Phi) is 3.61. The van der Waals surface area contributed by atoms with E-state index in [1.54, 1.807) is 6.07 Å². The van der Waals surface area contributed by atoms with Gasteiger partial charge in [0.25, 0.3) is 0 Å². The van der Waals surface area contributed by atoms with Gasteiger partial charge in [-0.3, -0.25) is 25.2 Å². The van der Waals surface area contributed by atoms with Crippen LogP contribution in [0.15, 0.2) is 22.8 Å². The van der Waals surface area contributed by atoms with Gasteiger partial charge in [-0.05, 0) is 25.0 Å². The predicted molar refractivity (Wildman–Crippen MR) is 60.1 cm³/mol. The highest BCUT2D eigenvalue weighted by Gasteiger charge is 2.24. The summed E-state index contributed by atoms with van der Waals surface area (Å²) in [5.74, 6) is -2.03. The molecule has 7 heteroatoms. The van der Waals surface area contributed by atoms with Gasteiger partial charge in [0, 0.05) is 13.1 Å². The molecule has 96 valence electrons. The van der Waals surface area contributed by atoms with Gasteiger partial charge in [-0.1, -0.05) is 0 Å². The predicted octanol–water partition coefficient (Wildman–Crippen LogP) is -0.337. The van der Waals surface area contributed by atoms with Crippen molar-refractivity contribution in [2.75, 3.05) is 13.1 Å². The molecule has 0 unspecified atom stereocenters. The van der Waals surface area contributed by atoms with Crippen LogP contribution < -0.4 is 10.9 Å². The normalized spacial score (nSPS) is 14.3. The molecule has 3 amide bonds. The van der Waals surface area contributed by atoms with E-state index in [1.165, 1.54) is 17.2 Å². The summed E-state index contributed by atoms with van der Waals surface area (Å²) < 4.78 is 4.83. The highest BCUT2D eigenvalue weighted by Crippen LogP contribution is 2.07. The highest BCUT2D eigenvalue weighted by molar-refractivity contribution is 6.35. The number of carbonyl (C=O) groups is 3. The van der Waals surface area contributed by atoms with Crippen LogP contribution in [0.4, 0.5) is 0 Å². The topological polar surface area (TPSA) is 91.6 Å². The first kappa shape index (κ1) is 12.2. The average Bonchev–Trinajstić information content (AvgIpc) is 3.05. The Morgan fingerprint density at radius 3 is 2.50 bits per heavy atom. The van der Waals surface area contributed by atoms with E-state index < -0.39 is 17.7 Å². The van der Waals surface area contributed by atoms with Crippen molar-refractivity contribution < 1.29 is 18.8 Å². The van der Waals surface area contributed by atoms with Gasteiger partial charge in [-0.15, -0.1) is 0 Å². The van der Waals surface area contributed by atoms with Gasteiger partial charge in [0.05, 0.1) is 6.26 Å². The summed E-state index contributed by atoms with van der Waals surface area (Å²) in [5, 5.41) is 0. The lowest BCUT2D eigenvalue weighted by Crippen LogP contribution is -2.49. The summed E-state index contributed by atoms with van der Waals surface area (Å²) in [6.07, 6.45) is 3.14. The van der Waals surface area contributed by atoms with Crippen LogP contribution in [-0.4, -0.2) is 35.7 Å². The molecule has 1 aliphatic heterocycles. The van der Waals surface area contributed by atoms with E-state index >= 15 is 0 Å². The smallest absolute Gasteiger partial charge is 0.327 e. The van der Waals surface area contributed by atoms with E-state index in [4.69, 9.17) is 4.42 Å². The summed E-state index contributed by atoms with van der Waals surface area (Å²) >= 11 is 0. The van der Waals surface area contributed by atoms with Crippen LogP contribution in [0.1, 0.15) is 23.4 Å². The number of rotatable bonds is 1. The molecule has 1 aromatic heterocycles. The Hall–Kier alpha value is -2.31. The minimum atomic E-state index is -0.850. The van der Waals surface area contributed by atoms with Crippen LogP contribution in [0, 0.1) is 0 Å². The second-order valence-corrected chi connectivity index (χ2v) is 3.88. The quantitative estimate of drug-likeness (QED) is 0.527. The Morgan fingerprint density at radius 2 is 1.89 bits per heavy atom. The third-order valence-corrected chi connectivity index (χ3v) is 2.62. The zero-order valence-electron chi connectivity index (χ0n) is 9.64. The number of hydrogen-bond donors (Lipinski definition) is 2. The molecular formula is C11H13N3O4. The number of hydrazine groups is 1. The maximum absolute atomic E-state index is 11.6. The van der Waals surface area contributed by atoms with Gasteiger partial charge >= 0.3 is 17.7 Å². The third-order valence-electron chi connectivity index (χ3n) is 2.62. The fourth-order valence-corrected chi connectivity index (χ4v) is 1.70. The van der Waals surface area contributed by atoms with E-state index in [0.717, 1.165) is 12.8 Å². The van der Waals surface area contributed by atoms with Gasteiger partial charge in [-0.25, -0.2) is 0 Å². The van der Waals surface area contributed by atoms with Crippen molar-refractivity contribution in [3.8, 4) is 0 Å². The van der Waals surface area contributed by atoms with E-state index in [0.29, 0.717) is 13.1 Å². The zero-order valence-corrected chi connectivity index (χ0v) is 9.64. The van der Waals surface area contributed by atoms with Crippen molar-refractivity contribution in [1.29, 1.82) is 0 Å². The summed E-state index contributed by atoms with van der Waals surface area (Å²) in [7, 11) is 0. The Bertz CT molecular complexity index is 449.